The van der Waals surface area contributed by atoms with Gasteiger partial charge in [0.05, 0.1) is 17.2 Å². The first-order valence-electron chi connectivity index (χ1n) is 10.5. The maximum atomic E-state index is 13.3. The molecule has 1 heterocycles. The number of hydrogen-bond acceptors (Lipinski definition) is 4. The molecule has 31 heavy (non-hydrogen) atoms. The Bertz CT molecular complexity index is 1040. The van der Waals surface area contributed by atoms with Crippen LogP contribution in [0.3, 0.4) is 0 Å². The van der Waals surface area contributed by atoms with Gasteiger partial charge in [-0.2, -0.15) is 4.31 Å². The molecular formula is C23H29ClN2O4S. The normalized spacial score (nSPS) is 19.9. The van der Waals surface area contributed by atoms with Gasteiger partial charge in [0.25, 0.3) is 5.91 Å². The molecule has 3 rings (SSSR count). The third-order valence-electron chi connectivity index (χ3n) is 5.43. The fraction of sp³-hybridized carbons (Fsp3) is 0.435. The summed E-state index contributed by atoms with van der Waals surface area (Å²) in [7, 11) is -3.87. The molecule has 0 bridgehead atoms. The van der Waals surface area contributed by atoms with Gasteiger partial charge in [-0.05, 0) is 56.0 Å². The Hall–Kier alpha value is -1.93. The van der Waals surface area contributed by atoms with Gasteiger partial charge in [-0.1, -0.05) is 43.6 Å². The highest BCUT2D eigenvalue weighted by molar-refractivity contribution is 7.89. The Morgan fingerprint density at radius 2 is 1.68 bits per heavy atom. The zero-order valence-corrected chi connectivity index (χ0v) is 19.9. The number of para-hydroxylation sites is 1. The van der Waals surface area contributed by atoms with E-state index in [1.807, 2.05) is 45.9 Å². The molecule has 1 aliphatic rings. The monoisotopic (exact) mass is 464 g/mol. The number of nitrogens with one attached hydrogen (secondary N) is 1. The summed E-state index contributed by atoms with van der Waals surface area (Å²) < 4.78 is 33.6. The molecule has 0 aromatic heterocycles. The van der Waals surface area contributed by atoms with Gasteiger partial charge >= 0.3 is 0 Å². The van der Waals surface area contributed by atoms with E-state index in [1.165, 1.54) is 16.4 Å². The summed E-state index contributed by atoms with van der Waals surface area (Å²) >= 11 is 6.26. The van der Waals surface area contributed by atoms with Gasteiger partial charge in [-0.15, -0.1) is 0 Å². The van der Waals surface area contributed by atoms with Crippen molar-refractivity contribution in [1.82, 2.24) is 4.31 Å². The second-order valence-electron chi connectivity index (χ2n) is 7.84. The van der Waals surface area contributed by atoms with E-state index >= 15 is 0 Å². The van der Waals surface area contributed by atoms with Crippen molar-refractivity contribution in [2.75, 3.05) is 18.4 Å². The van der Waals surface area contributed by atoms with Gasteiger partial charge < -0.3 is 10.1 Å². The van der Waals surface area contributed by atoms with E-state index in [4.69, 9.17) is 16.3 Å². The van der Waals surface area contributed by atoms with Crippen molar-refractivity contribution in [3.05, 3.63) is 58.1 Å². The standard InChI is InChI=1S/C23H29ClN2O4S/c1-5-17-8-7-9-18(6-2)22(17)25-23(27)19-10-11-20(24)21(12-19)31(28,29)26-13-15(3)30-16(4)14-26/h7-12,15-16H,5-6,13-14H2,1-4H3,(H,25,27)/t15-,16+. The average molecular weight is 465 g/mol. The zero-order chi connectivity index (χ0) is 22.8. The van der Waals surface area contributed by atoms with Crippen molar-refractivity contribution in [1.29, 1.82) is 0 Å². The van der Waals surface area contributed by atoms with Crippen LogP contribution in [-0.4, -0.2) is 43.9 Å². The van der Waals surface area contributed by atoms with E-state index in [1.54, 1.807) is 6.07 Å². The molecule has 2 atom stereocenters. The molecule has 2 aromatic rings. The highest BCUT2D eigenvalue weighted by atomic mass is 35.5. The molecule has 168 valence electrons. The molecule has 8 heteroatoms. The summed E-state index contributed by atoms with van der Waals surface area (Å²) in [4.78, 5) is 13.0. The lowest BCUT2D eigenvalue weighted by atomic mass is 10.0. The Balaban J connectivity index is 1.94. The molecule has 0 saturated carbocycles. The van der Waals surface area contributed by atoms with E-state index in [2.05, 4.69) is 5.32 Å². The van der Waals surface area contributed by atoms with Crippen LogP contribution >= 0.6 is 11.6 Å². The number of morpholine rings is 1. The molecule has 1 aliphatic heterocycles. The molecule has 0 unspecified atom stereocenters. The first-order chi connectivity index (χ1) is 14.7. The topological polar surface area (TPSA) is 75.7 Å². The van der Waals surface area contributed by atoms with Gasteiger partial charge in [-0.3, -0.25) is 4.79 Å². The number of sulfonamides is 1. The molecule has 2 aromatic carbocycles. The first kappa shape index (κ1) is 23.7. The van der Waals surface area contributed by atoms with Crippen molar-refractivity contribution in [3.8, 4) is 0 Å². The lowest BCUT2D eigenvalue weighted by Gasteiger charge is -2.34. The second kappa shape index (κ2) is 9.69. The molecule has 1 saturated heterocycles. The number of ether oxygens (including phenoxy) is 1. The SMILES string of the molecule is CCc1cccc(CC)c1NC(=O)c1ccc(Cl)c(S(=O)(=O)N2C[C@@H](C)O[C@@H](C)C2)c1. The van der Waals surface area contributed by atoms with Gasteiger partial charge in [-0.25, -0.2) is 8.42 Å². The highest BCUT2D eigenvalue weighted by Crippen LogP contribution is 2.29. The Morgan fingerprint density at radius 1 is 1.10 bits per heavy atom. The largest absolute Gasteiger partial charge is 0.373 e. The Labute approximate surface area is 189 Å². The van der Waals surface area contributed by atoms with Crippen LogP contribution in [0, 0.1) is 0 Å². The third-order valence-corrected chi connectivity index (χ3v) is 7.75. The summed E-state index contributed by atoms with van der Waals surface area (Å²) in [6.45, 7) is 8.20. The predicted octanol–water partition coefficient (Wildman–Crippen LogP) is 4.52. The van der Waals surface area contributed by atoms with Crippen LogP contribution in [0.2, 0.25) is 5.02 Å². The van der Waals surface area contributed by atoms with Crippen LogP contribution in [0.4, 0.5) is 5.69 Å². The van der Waals surface area contributed by atoms with Crippen LogP contribution in [0.1, 0.15) is 49.2 Å². The number of carbonyl (C=O) groups excluding carboxylic acids is 1. The van der Waals surface area contributed by atoms with Crippen LogP contribution in [0.25, 0.3) is 0 Å². The molecule has 1 N–H and O–H groups in total. The number of halogens is 1. The van der Waals surface area contributed by atoms with Gasteiger partial charge in [0.1, 0.15) is 4.90 Å². The van der Waals surface area contributed by atoms with Crippen LogP contribution in [-0.2, 0) is 27.6 Å². The van der Waals surface area contributed by atoms with Crippen molar-refractivity contribution in [3.63, 3.8) is 0 Å². The number of anilines is 1. The summed E-state index contributed by atoms with van der Waals surface area (Å²) in [5, 5.41) is 3.07. The summed E-state index contributed by atoms with van der Waals surface area (Å²) in [6.07, 6.45) is 1.11. The molecule has 6 nitrogen and oxygen atoms in total. The number of rotatable bonds is 6. The van der Waals surface area contributed by atoms with Crippen molar-refractivity contribution in [2.24, 2.45) is 0 Å². The van der Waals surface area contributed by atoms with E-state index in [0.29, 0.717) is 0 Å². The summed E-state index contributed by atoms with van der Waals surface area (Å²) in [6, 6.07) is 10.3. The van der Waals surface area contributed by atoms with Crippen LogP contribution in [0.5, 0.6) is 0 Å². The smallest absolute Gasteiger partial charge is 0.255 e. The predicted molar refractivity (Wildman–Crippen MR) is 123 cm³/mol. The minimum Gasteiger partial charge on any atom is -0.373 e. The number of carbonyl (C=O) groups is 1. The van der Waals surface area contributed by atoms with Crippen molar-refractivity contribution in [2.45, 2.75) is 57.6 Å². The minimum atomic E-state index is -3.87. The van der Waals surface area contributed by atoms with Crippen LogP contribution in [0.15, 0.2) is 41.3 Å². The third kappa shape index (κ3) is 5.12. The van der Waals surface area contributed by atoms with Gasteiger partial charge in [0.15, 0.2) is 0 Å². The average Bonchev–Trinajstić information content (AvgIpc) is 2.73. The zero-order valence-electron chi connectivity index (χ0n) is 18.3. The molecule has 0 radical (unpaired) electrons. The quantitative estimate of drug-likeness (QED) is 0.682. The molecule has 1 fully saturated rings. The lowest BCUT2D eigenvalue weighted by Crippen LogP contribution is -2.48. The Kier molecular flexibility index (Phi) is 7.42. The summed E-state index contributed by atoms with van der Waals surface area (Å²) in [5.41, 5.74) is 3.09. The van der Waals surface area contributed by atoms with E-state index in [9.17, 15) is 13.2 Å². The number of hydrogen-bond donors (Lipinski definition) is 1. The van der Waals surface area contributed by atoms with E-state index in [0.717, 1.165) is 29.7 Å². The first-order valence-corrected chi connectivity index (χ1v) is 12.4. The minimum absolute atomic E-state index is 0.0670. The van der Waals surface area contributed by atoms with Crippen molar-refractivity contribution < 1.29 is 17.9 Å². The number of nitrogens with zero attached hydrogens (tertiary/aromatic N) is 1. The summed E-state index contributed by atoms with van der Waals surface area (Å²) in [5.74, 6) is -0.368. The lowest BCUT2D eigenvalue weighted by molar-refractivity contribution is -0.0440. The Morgan fingerprint density at radius 3 is 2.23 bits per heavy atom. The molecule has 0 spiro atoms. The molecular weight excluding hydrogens is 436 g/mol. The maximum Gasteiger partial charge on any atom is 0.255 e. The van der Waals surface area contributed by atoms with Crippen LogP contribution < -0.4 is 5.32 Å². The maximum absolute atomic E-state index is 13.3. The molecule has 0 aliphatic carbocycles. The molecule has 1 amide bonds. The highest BCUT2D eigenvalue weighted by Gasteiger charge is 2.34. The second-order valence-corrected chi connectivity index (χ2v) is 10.2. The number of benzene rings is 2. The van der Waals surface area contributed by atoms with Gasteiger partial charge in [0.2, 0.25) is 10.0 Å². The number of amides is 1. The van der Waals surface area contributed by atoms with Gasteiger partial charge in [0, 0.05) is 24.3 Å². The number of aryl methyl sites for hydroxylation is 2. The van der Waals surface area contributed by atoms with E-state index in [-0.39, 0.29) is 46.7 Å². The van der Waals surface area contributed by atoms with Crippen molar-refractivity contribution >= 4 is 33.2 Å². The van der Waals surface area contributed by atoms with E-state index < -0.39 is 10.0 Å². The fourth-order valence-corrected chi connectivity index (χ4v) is 5.99. The fourth-order valence-electron chi connectivity index (χ4n) is 3.90.